The molecule has 4 N–H and O–H groups in total. The Hall–Kier alpha value is -1.57. The molecule has 3 rings (SSSR count). The number of aromatic nitrogens is 1. The highest BCUT2D eigenvalue weighted by Gasteiger charge is 2.31. The number of fused-ring (bicyclic) bond motifs is 1. The summed E-state index contributed by atoms with van der Waals surface area (Å²) in [6.45, 7) is 0.589. The van der Waals surface area contributed by atoms with Crippen molar-refractivity contribution in [3.8, 4) is 0 Å². The predicted octanol–water partition coefficient (Wildman–Crippen LogP) is 0.895. The number of aromatic amines is 1. The van der Waals surface area contributed by atoms with E-state index in [-0.39, 0.29) is 11.4 Å². The standard InChI is InChI=1S/C13H17N3O3S/c14-9-3-4-12-11(6-9)13(7-15-12)20(18,19)16-5-1-2-10(17)8-16/h3-4,6-7,10,15,17H,1-2,5,8,14H2/t10-/m0/s1. The van der Waals surface area contributed by atoms with Gasteiger partial charge in [0.05, 0.1) is 6.10 Å². The van der Waals surface area contributed by atoms with Gasteiger partial charge >= 0.3 is 0 Å². The molecule has 1 aromatic heterocycles. The van der Waals surface area contributed by atoms with Crippen molar-refractivity contribution in [3.05, 3.63) is 24.4 Å². The SMILES string of the molecule is Nc1ccc2[nH]cc(S(=O)(=O)N3CCC[C@H](O)C3)c2c1. The lowest BCUT2D eigenvalue weighted by atomic mass is 10.1. The molecule has 0 bridgehead atoms. The molecule has 1 saturated heterocycles. The van der Waals surface area contributed by atoms with E-state index in [9.17, 15) is 13.5 Å². The van der Waals surface area contributed by atoms with Gasteiger partial charge in [-0.25, -0.2) is 8.42 Å². The first-order chi connectivity index (χ1) is 9.48. The molecular weight excluding hydrogens is 278 g/mol. The molecule has 0 aliphatic carbocycles. The van der Waals surface area contributed by atoms with Gasteiger partial charge < -0.3 is 15.8 Å². The van der Waals surface area contributed by atoms with Crippen LogP contribution in [-0.4, -0.2) is 42.0 Å². The van der Waals surface area contributed by atoms with Crippen LogP contribution in [0.1, 0.15) is 12.8 Å². The van der Waals surface area contributed by atoms with E-state index < -0.39 is 16.1 Å². The van der Waals surface area contributed by atoms with Crippen LogP contribution in [-0.2, 0) is 10.0 Å². The maximum atomic E-state index is 12.7. The largest absolute Gasteiger partial charge is 0.399 e. The minimum Gasteiger partial charge on any atom is -0.399 e. The minimum atomic E-state index is -3.61. The van der Waals surface area contributed by atoms with Gasteiger partial charge in [-0.05, 0) is 31.0 Å². The first kappa shape index (κ1) is 13.4. The number of aliphatic hydroxyl groups is 1. The van der Waals surface area contributed by atoms with Crippen LogP contribution in [0.5, 0.6) is 0 Å². The van der Waals surface area contributed by atoms with Gasteiger partial charge in [-0.1, -0.05) is 0 Å². The van der Waals surface area contributed by atoms with Crippen LogP contribution in [0.3, 0.4) is 0 Å². The summed E-state index contributed by atoms with van der Waals surface area (Å²) in [7, 11) is -3.61. The van der Waals surface area contributed by atoms with Gasteiger partial charge in [0.15, 0.2) is 0 Å². The quantitative estimate of drug-likeness (QED) is 0.717. The molecule has 0 radical (unpaired) electrons. The molecule has 0 amide bonds. The molecule has 0 saturated carbocycles. The summed E-state index contributed by atoms with van der Waals surface area (Å²) in [5.74, 6) is 0. The van der Waals surface area contributed by atoms with Gasteiger partial charge in [0.1, 0.15) is 4.90 Å². The molecule has 1 aliphatic rings. The number of nitrogen functional groups attached to an aromatic ring is 1. The van der Waals surface area contributed by atoms with Gasteiger partial charge in [0.2, 0.25) is 10.0 Å². The molecule has 20 heavy (non-hydrogen) atoms. The van der Waals surface area contributed by atoms with Crippen LogP contribution in [0.2, 0.25) is 0 Å². The number of aliphatic hydroxyl groups excluding tert-OH is 1. The molecule has 7 heteroatoms. The third-order valence-electron chi connectivity index (χ3n) is 3.64. The van der Waals surface area contributed by atoms with Crippen molar-refractivity contribution in [2.75, 3.05) is 18.8 Å². The number of piperidine rings is 1. The van der Waals surface area contributed by atoms with Crippen molar-refractivity contribution in [1.82, 2.24) is 9.29 Å². The van der Waals surface area contributed by atoms with Crippen LogP contribution in [0.15, 0.2) is 29.3 Å². The monoisotopic (exact) mass is 295 g/mol. The number of benzene rings is 1. The Bertz CT molecular complexity index is 738. The molecule has 2 heterocycles. The van der Waals surface area contributed by atoms with Crippen molar-refractivity contribution in [1.29, 1.82) is 0 Å². The van der Waals surface area contributed by atoms with E-state index in [4.69, 9.17) is 5.73 Å². The lowest BCUT2D eigenvalue weighted by molar-refractivity contribution is 0.108. The van der Waals surface area contributed by atoms with Gasteiger partial charge in [-0.2, -0.15) is 4.31 Å². The molecule has 1 atom stereocenters. The van der Waals surface area contributed by atoms with Crippen LogP contribution < -0.4 is 5.73 Å². The van der Waals surface area contributed by atoms with E-state index in [2.05, 4.69) is 4.98 Å². The number of nitrogens with zero attached hydrogens (tertiary/aromatic N) is 1. The maximum Gasteiger partial charge on any atom is 0.245 e. The number of hydrogen-bond acceptors (Lipinski definition) is 4. The third kappa shape index (κ3) is 2.17. The lowest BCUT2D eigenvalue weighted by Gasteiger charge is -2.28. The average Bonchev–Trinajstić information content (AvgIpc) is 2.82. The van der Waals surface area contributed by atoms with Crippen LogP contribution in [0, 0.1) is 0 Å². The topological polar surface area (TPSA) is 99.4 Å². The van der Waals surface area contributed by atoms with E-state index in [1.165, 1.54) is 10.5 Å². The van der Waals surface area contributed by atoms with E-state index >= 15 is 0 Å². The minimum absolute atomic E-state index is 0.150. The zero-order chi connectivity index (χ0) is 14.3. The Morgan fingerprint density at radius 2 is 2.20 bits per heavy atom. The Morgan fingerprint density at radius 3 is 2.95 bits per heavy atom. The van der Waals surface area contributed by atoms with Crippen molar-refractivity contribution >= 4 is 26.6 Å². The number of rotatable bonds is 2. The summed E-state index contributed by atoms with van der Waals surface area (Å²) in [4.78, 5) is 3.16. The molecular formula is C13H17N3O3S. The fraction of sp³-hybridized carbons (Fsp3) is 0.385. The molecule has 0 unspecified atom stereocenters. The van der Waals surface area contributed by atoms with E-state index in [0.29, 0.717) is 30.5 Å². The number of hydrogen-bond donors (Lipinski definition) is 3. The Labute approximate surface area is 117 Å². The fourth-order valence-corrected chi connectivity index (χ4v) is 4.27. The smallest absolute Gasteiger partial charge is 0.245 e. The molecule has 1 aliphatic heterocycles. The van der Waals surface area contributed by atoms with Crippen molar-refractivity contribution in [2.45, 2.75) is 23.8 Å². The Morgan fingerprint density at radius 1 is 1.40 bits per heavy atom. The van der Waals surface area contributed by atoms with Gasteiger partial charge in [-0.15, -0.1) is 0 Å². The van der Waals surface area contributed by atoms with Crippen molar-refractivity contribution < 1.29 is 13.5 Å². The number of H-pyrrole nitrogens is 1. The highest BCUT2D eigenvalue weighted by atomic mass is 32.2. The first-order valence-electron chi connectivity index (χ1n) is 6.53. The maximum absolute atomic E-state index is 12.7. The summed E-state index contributed by atoms with van der Waals surface area (Å²) in [6, 6.07) is 5.13. The molecule has 2 aromatic rings. The summed E-state index contributed by atoms with van der Waals surface area (Å²) < 4.78 is 26.7. The van der Waals surface area contributed by atoms with E-state index in [0.717, 1.165) is 5.52 Å². The zero-order valence-corrected chi connectivity index (χ0v) is 11.7. The van der Waals surface area contributed by atoms with Crippen molar-refractivity contribution in [2.24, 2.45) is 0 Å². The van der Waals surface area contributed by atoms with E-state index in [1.807, 2.05) is 0 Å². The Kier molecular flexibility index (Phi) is 3.19. The number of nitrogens with two attached hydrogens (primary N) is 1. The molecule has 108 valence electrons. The summed E-state index contributed by atoms with van der Waals surface area (Å²) in [5, 5.41) is 10.3. The normalized spacial score (nSPS) is 21.4. The average molecular weight is 295 g/mol. The molecule has 1 aromatic carbocycles. The number of anilines is 1. The second-order valence-electron chi connectivity index (χ2n) is 5.12. The third-order valence-corrected chi connectivity index (χ3v) is 5.55. The number of sulfonamides is 1. The lowest BCUT2D eigenvalue weighted by Crippen LogP contribution is -2.42. The highest BCUT2D eigenvalue weighted by molar-refractivity contribution is 7.89. The number of β-amino-alcohol motifs (C(OH)–C–C–N with tert-alkyl or cyclic N) is 1. The van der Waals surface area contributed by atoms with Crippen LogP contribution >= 0.6 is 0 Å². The summed E-state index contributed by atoms with van der Waals surface area (Å²) >= 11 is 0. The summed E-state index contributed by atoms with van der Waals surface area (Å²) in [5.41, 5.74) is 6.99. The molecule has 1 fully saturated rings. The van der Waals surface area contributed by atoms with Gasteiger partial charge in [-0.3, -0.25) is 0 Å². The van der Waals surface area contributed by atoms with Gasteiger partial charge in [0.25, 0.3) is 0 Å². The highest BCUT2D eigenvalue weighted by Crippen LogP contribution is 2.28. The zero-order valence-electron chi connectivity index (χ0n) is 10.9. The number of nitrogens with one attached hydrogen (secondary N) is 1. The predicted molar refractivity (Wildman–Crippen MR) is 76.7 cm³/mol. The molecule has 0 spiro atoms. The van der Waals surface area contributed by atoms with E-state index in [1.54, 1.807) is 18.2 Å². The fourth-order valence-electron chi connectivity index (χ4n) is 2.60. The first-order valence-corrected chi connectivity index (χ1v) is 7.97. The molecule has 6 nitrogen and oxygen atoms in total. The second-order valence-corrected chi connectivity index (χ2v) is 7.02. The van der Waals surface area contributed by atoms with Crippen molar-refractivity contribution in [3.63, 3.8) is 0 Å². The van der Waals surface area contributed by atoms with Gasteiger partial charge in [0, 0.05) is 35.9 Å². The Balaban J connectivity index is 2.07. The van der Waals surface area contributed by atoms with Crippen LogP contribution in [0.4, 0.5) is 5.69 Å². The summed E-state index contributed by atoms with van der Waals surface area (Å²) in [6.07, 6.45) is 2.21. The van der Waals surface area contributed by atoms with Crippen LogP contribution in [0.25, 0.3) is 10.9 Å². The second kappa shape index (κ2) is 4.76.